The van der Waals surface area contributed by atoms with Crippen LogP contribution in [0.25, 0.3) is 10.9 Å². The first-order valence-electron chi connectivity index (χ1n) is 9.31. The van der Waals surface area contributed by atoms with E-state index in [1.807, 2.05) is 0 Å². The van der Waals surface area contributed by atoms with Crippen molar-refractivity contribution in [1.82, 2.24) is 9.13 Å². The number of para-hydroxylation sites is 1. The molecule has 158 valence electrons. The summed E-state index contributed by atoms with van der Waals surface area (Å²) in [5.41, 5.74) is -0.429. The number of ether oxygens (including phenoxy) is 2. The Balaban J connectivity index is 1.94. The molecular formula is C21H22FN3O5. The predicted molar refractivity (Wildman–Crippen MR) is 111 cm³/mol. The van der Waals surface area contributed by atoms with Crippen LogP contribution in [0.3, 0.4) is 0 Å². The average molecular weight is 415 g/mol. The van der Waals surface area contributed by atoms with Crippen molar-refractivity contribution in [3.63, 3.8) is 0 Å². The Hall–Kier alpha value is -3.46. The summed E-state index contributed by atoms with van der Waals surface area (Å²) >= 11 is 0. The van der Waals surface area contributed by atoms with Crippen LogP contribution in [0.1, 0.15) is 6.42 Å². The highest BCUT2D eigenvalue weighted by Crippen LogP contribution is 2.20. The monoisotopic (exact) mass is 415 g/mol. The topological polar surface area (TPSA) is 91.6 Å². The van der Waals surface area contributed by atoms with Gasteiger partial charge in [-0.3, -0.25) is 18.7 Å². The normalized spacial score (nSPS) is 10.9. The fourth-order valence-corrected chi connectivity index (χ4v) is 3.18. The average Bonchev–Trinajstić information content (AvgIpc) is 2.74. The van der Waals surface area contributed by atoms with Crippen LogP contribution in [-0.4, -0.2) is 35.9 Å². The number of rotatable bonds is 8. The molecule has 3 rings (SSSR count). The number of nitrogens with one attached hydrogen (secondary N) is 1. The summed E-state index contributed by atoms with van der Waals surface area (Å²) in [7, 11) is 2.88. The van der Waals surface area contributed by atoms with Crippen molar-refractivity contribution >= 4 is 22.5 Å². The Morgan fingerprint density at radius 1 is 1.10 bits per heavy atom. The quantitative estimate of drug-likeness (QED) is 0.568. The van der Waals surface area contributed by atoms with Crippen molar-refractivity contribution in [2.24, 2.45) is 0 Å². The first-order chi connectivity index (χ1) is 14.5. The highest BCUT2D eigenvalue weighted by atomic mass is 19.1. The van der Waals surface area contributed by atoms with Gasteiger partial charge in [-0.15, -0.1) is 0 Å². The maximum absolute atomic E-state index is 13.9. The predicted octanol–water partition coefficient (Wildman–Crippen LogP) is 1.99. The van der Waals surface area contributed by atoms with E-state index in [0.717, 1.165) is 10.6 Å². The van der Waals surface area contributed by atoms with Gasteiger partial charge in [0.1, 0.15) is 6.54 Å². The van der Waals surface area contributed by atoms with Crippen LogP contribution in [0, 0.1) is 5.82 Å². The lowest BCUT2D eigenvalue weighted by atomic mass is 10.2. The van der Waals surface area contributed by atoms with E-state index in [4.69, 9.17) is 9.47 Å². The van der Waals surface area contributed by atoms with Gasteiger partial charge in [0.15, 0.2) is 11.6 Å². The molecule has 2 aromatic carbocycles. The van der Waals surface area contributed by atoms with E-state index in [2.05, 4.69) is 5.32 Å². The van der Waals surface area contributed by atoms with Gasteiger partial charge in [-0.25, -0.2) is 9.18 Å². The number of aromatic nitrogens is 2. The summed E-state index contributed by atoms with van der Waals surface area (Å²) in [6, 6.07) is 10.6. The smallest absolute Gasteiger partial charge is 0.331 e. The zero-order valence-corrected chi connectivity index (χ0v) is 16.7. The highest BCUT2D eigenvalue weighted by Gasteiger charge is 2.15. The largest absolute Gasteiger partial charge is 0.494 e. The van der Waals surface area contributed by atoms with Gasteiger partial charge in [0.2, 0.25) is 5.91 Å². The fraction of sp³-hybridized carbons (Fsp3) is 0.286. The van der Waals surface area contributed by atoms with E-state index >= 15 is 0 Å². The maximum Gasteiger partial charge on any atom is 0.331 e. The molecule has 1 heterocycles. The summed E-state index contributed by atoms with van der Waals surface area (Å²) in [6.07, 6.45) is 0.474. The molecule has 0 atom stereocenters. The van der Waals surface area contributed by atoms with Crippen LogP contribution in [-0.2, 0) is 22.6 Å². The van der Waals surface area contributed by atoms with Gasteiger partial charge in [-0.2, -0.15) is 0 Å². The second-order valence-corrected chi connectivity index (χ2v) is 6.59. The summed E-state index contributed by atoms with van der Waals surface area (Å²) in [5, 5.41) is 2.89. The molecule has 0 bridgehead atoms. The highest BCUT2D eigenvalue weighted by molar-refractivity contribution is 5.91. The molecule has 0 fully saturated rings. The summed E-state index contributed by atoms with van der Waals surface area (Å²) in [4.78, 5) is 38.2. The summed E-state index contributed by atoms with van der Waals surface area (Å²) < 4.78 is 26.0. The SMILES string of the molecule is COCCCn1c(=O)c2ccccc2n(CC(=O)Nc2ccc(OC)c(F)c2)c1=O. The zero-order valence-electron chi connectivity index (χ0n) is 16.7. The van der Waals surface area contributed by atoms with E-state index in [0.29, 0.717) is 23.9 Å². The van der Waals surface area contributed by atoms with Gasteiger partial charge < -0.3 is 14.8 Å². The number of nitrogens with zero attached hydrogens (tertiary/aromatic N) is 2. The minimum atomic E-state index is -0.621. The number of hydrogen-bond donors (Lipinski definition) is 1. The van der Waals surface area contributed by atoms with Crippen LogP contribution in [0.5, 0.6) is 5.75 Å². The number of benzene rings is 2. The zero-order chi connectivity index (χ0) is 21.7. The Morgan fingerprint density at radius 3 is 2.57 bits per heavy atom. The van der Waals surface area contributed by atoms with E-state index in [1.165, 1.54) is 30.9 Å². The third-order valence-corrected chi connectivity index (χ3v) is 4.60. The number of carbonyl (C=O) groups is 1. The molecule has 30 heavy (non-hydrogen) atoms. The van der Waals surface area contributed by atoms with E-state index in [-0.39, 0.29) is 24.5 Å². The minimum absolute atomic E-state index is 0.0540. The number of hydrogen-bond acceptors (Lipinski definition) is 5. The van der Waals surface area contributed by atoms with Crippen LogP contribution in [0.2, 0.25) is 0 Å². The molecular weight excluding hydrogens is 393 g/mol. The van der Waals surface area contributed by atoms with Gasteiger partial charge in [0.05, 0.1) is 18.0 Å². The first-order valence-corrected chi connectivity index (χ1v) is 9.31. The molecule has 0 aliphatic heterocycles. The van der Waals surface area contributed by atoms with Crippen molar-refractivity contribution in [3.05, 3.63) is 69.1 Å². The first kappa shape index (κ1) is 21.3. The van der Waals surface area contributed by atoms with Crippen molar-refractivity contribution in [3.8, 4) is 5.75 Å². The van der Waals surface area contributed by atoms with Gasteiger partial charge in [-0.05, 0) is 30.7 Å². The third-order valence-electron chi connectivity index (χ3n) is 4.60. The second kappa shape index (κ2) is 9.36. The molecule has 0 unspecified atom stereocenters. The Kier molecular flexibility index (Phi) is 6.63. The van der Waals surface area contributed by atoms with Gasteiger partial charge in [0.25, 0.3) is 5.56 Å². The fourth-order valence-electron chi connectivity index (χ4n) is 3.18. The number of anilines is 1. The van der Waals surface area contributed by atoms with Crippen LogP contribution >= 0.6 is 0 Å². The molecule has 1 amide bonds. The molecule has 9 heteroatoms. The Bertz CT molecular complexity index is 1190. The number of fused-ring (bicyclic) bond motifs is 1. The number of carbonyl (C=O) groups excluding carboxylic acids is 1. The van der Waals surface area contributed by atoms with Crippen LogP contribution in [0.4, 0.5) is 10.1 Å². The van der Waals surface area contributed by atoms with Crippen molar-refractivity contribution in [1.29, 1.82) is 0 Å². The molecule has 0 saturated heterocycles. The van der Waals surface area contributed by atoms with Gasteiger partial charge in [0, 0.05) is 32.0 Å². The molecule has 0 radical (unpaired) electrons. The molecule has 3 aromatic rings. The summed E-state index contributed by atoms with van der Waals surface area (Å²) in [6.45, 7) is 0.224. The standard InChI is InChI=1S/C21H22FN3O5/c1-29-11-5-10-24-20(27)15-6-3-4-7-17(15)25(21(24)28)13-19(26)23-14-8-9-18(30-2)16(22)12-14/h3-4,6-9,12H,5,10-11,13H2,1-2H3,(H,23,26). The lowest BCUT2D eigenvalue weighted by Gasteiger charge is -2.14. The molecule has 1 aromatic heterocycles. The summed E-state index contributed by atoms with van der Waals surface area (Å²) in [5.74, 6) is -1.10. The minimum Gasteiger partial charge on any atom is -0.494 e. The van der Waals surface area contributed by atoms with E-state index in [9.17, 15) is 18.8 Å². The van der Waals surface area contributed by atoms with Crippen molar-refractivity contribution in [2.45, 2.75) is 19.5 Å². The molecule has 1 N–H and O–H groups in total. The molecule has 0 aliphatic carbocycles. The molecule has 8 nitrogen and oxygen atoms in total. The Labute approximate surface area is 171 Å². The number of amides is 1. The number of methoxy groups -OCH3 is 2. The van der Waals surface area contributed by atoms with E-state index < -0.39 is 23.0 Å². The lowest BCUT2D eigenvalue weighted by molar-refractivity contribution is -0.116. The third kappa shape index (κ3) is 4.41. The maximum atomic E-state index is 13.9. The Morgan fingerprint density at radius 2 is 1.87 bits per heavy atom. The second-order valence-electron chi connectivity index (χ2n) is 6.59. The number of halogens is 1. The van der Waals surface area contributed by atoms with Gasteiger partial charge >= 0.3 is 5.69 Å². The van der Waals surface area contributed by atoms with Crippen LogP contribution in [0.15, 0.2) is 52.1 Å². The molecule has 0 spiro atoms. The van der Waals surface area contributed by atoms with Crippen molar-refractivity contribution < 1.29 is 18.7 Å². The molecule has 0 saturated carbocycles. The lowest BCUT2D eigenvalue weighted by Crippen LogP contribution is -2.42. The van der Waals surface area contributed by atoms with Crippen molar-refractivity contribution in [2.75, 3.05) is 26.1 Å². The van der Waals surface area contributed by atoms with E-state index in [1.54, 1.807) is 24.3 Å². The van der Waals surface area contributed by atoms with Crippen LogP contribution < -0.4 is 21.3 Å². The van der Waals surface area contributed by atoms with Gasteiger partial charge in [-0.1, -0.05) is 12.1 Å². The molecule has 0 aliphatic rings.